The minimum Gasteiger partial charge on any atom is -0.360 e. The fourth-order valence-corrected chi connectivity index (χ4v) is 3.08. The molecule has 98 valence electrons. The molecule has 2 aliphatic rings. The van der Waals surface area contributed by atoms with Crippen molar-refractivity contribution in [2.24, 2.45) is 5.92 Å². The Hall–Kier alpha value is -1.32. The molecule has 1 fully saturated rings. The monoisotopic (exact) mass is 248 g/mol. The van der Waals surface area contributed by atoms with Gasteiger partial charge >= 0.3 is 0 Å². The molecule has 1 aromatic heterocycles. The first-order chi connectivity index (χ1) is 8.74. The minimum atomic E-state index is -0.0407. The maximum absolute atomic E-state index is 12.2. The van der Waals surface area contributed by atoms with Gasteiger partial charge in [-0.3, -0.25) is 4.79 Å². The lowest BCUT2D eigenvalue weighted by molar-refractivity contribution is 0.0928. The van der Waals surface area contributed by atoms with Crippen LogP contribution in [0.3, 0.4) is 0 Å². The fourth-order valence-electron chi connectivity index (χ4n) is 3.08. The molecule has 3 rings (SSSR count). The number of nitrogens with one attached hydrogen (secondary N) is 1. The van der Waals surface area contributed by atoms with E-state index in [9.17, 15) is 4.79 Å². The molecule has 0 unspecified atom stereocenters. The summed E-state index contributed by atoms with van der Waals surface area (Å²) in [6, 6.07) is 0.339. The number of hydrogen-bond donors (Lipinski definition) is 1. The van der Waals surface area contributed by atoms with Gasteiger partial charge < -0.3 is 9.84 Å². The van der Waals surface area contributed by atoms with Crippen LogP contribution in [0, 0.1) is 5.92 Å². The molecule has 1 heterocycles. The van der Waals surface area contributed by atoms with Crippen molar-refractivity contribution in [3.05, 3.63) is 17.0 Å². The number of amides is 1. The smallest absolute Gasteiger partial charge is 0.273 e. The largest absolute Gasteiger partial charge is 0.360 e. The number of rotatable bonds is 2. The molecule has 0 aliphatic heterocycles. The highest BCUT2D eigenvalue weighted by atomic mass is 16.5. The average Bonchev–Trinajstić information content (AvgIpc) is 2.97. The van der Waals surface area contributed by atoms with E-state index in [1.807, 2.05) is 0 Å². The molecular weight excluding hydrogens is 228 g/mol. The van der Waals surface area contributed by atoms with Crippen LogP contribution in [0.2, 0.25) is 0 Å². The van der Waals surface area contributed by atoms with Gasteiger partial charge in [-0.15, -0.1) is 0 Å². The number of nitrogens with zero attached hydrogens (tertiary/aromatic N) is 1. The summed E-state index contributed by atoms with van der Waals surface area (Å²) in [6.45, 7) is 2.22. The van der Waals surface area contributed by atoms with Crippen molar-refractivity contribution >= 4 is 5.91 Å². The Kier molecular flexibility index (Phi) is 3.10. The molecule has 0 saturated heterocycles. The number of fused-ring (bicyclic) bond motifs is 1. The third-order valence-electron chi connectivity index (χ3n) is 4.19. The summed E-state index contributed by atoms with van der Waals surface area (Å²) in [6.07, 6.45) is 7.61. The summed E-state index contributed by atoms with van der Waals surface area (Å²) in [5, 5.41) is 7.07. The average molecular weight is 248 g/mol. The lowest BCUT2D eigenvalue weighted by Crippen LogP contribution is -2.33. The maximum Gasteiger partial charge on any atom is 0.273 e. The number of carbonyl (C=O) groups is 1. The van der Waals surface area contributed by atoms with Crippen LogP contribution in [0.25, 0.3) is 0 Å². The van der Waals surface area contributed by atoms with Crippen molar-refractivity contribution in [3.8, 4) is 0 Å². The van der Waals surface area contributed by atoms with E-state index in [2.05, 4.69) is 17.4 Å². The Morgan fingerprint density at radius 2 is 2.11 bits per heavy atom. The Morgan fingerprint density at radius 3 is 2.89 bits per heavy atom. The molecule has 4 heteroatoms. The minimum absolute atomic E-state index is 0.0407. The van der Waals surface area contributed by atoms with E-state index >= 15 is 0 Å². The molecule has 1 aromatic rings. The van der Waals surface area contributed by atoms with Crippen LogP contribution >= 0.6 is 0 Å². The second-order valence-electron chi connectivity index (χ2n) is 5.74. The third-order valence-corrected chi connectivity index (χ3v) is 4.19. The van der Waals surface area contributed by atoms with Crippen molar-refractivity contribution in [1.82, 2.24) is 10.5 Å². The Bertz CT molecular complexity index is 447. The predicted molar refractivity (Wildman–Crippen MR) is 67.4 cm³/mol. The van der Waals surface area contributed by atoms with Gasteiger partial charge in [0.25, 0.3) is 5.91 Å². The lowest BCUT2D eigenvalue weighted by Gasteiger charge is -2.17. The van der Waals surface area contributed by atoms with E-state index < -0.39 is 0 Å². The molecule has 1 amide bonds. The highest BCUT2D eigenvalue weighted by Crippen LogP contribution is 2.28. The highest BCUT2D eigenvalue weighted by molar-refractivity contribution is 5.94. The lowest BCUT2D eigenvalue weighted by atomic mass is 9.88. The second-order valence-corrected chi connectivity index (χ2v) is 5.74. The van der Waals surface area contributed by atoms with Crippen LogP contribution in [0.15, 0.2) is 4.52 Å². The predicted octanol–water partition coefficient (Wildman–Crippen LogP) is 2.47. The van der Waals surface area contributed by atoms with E-state index in [0.29, 0.717) is 17.7 Å². The van der Waals surface area contributed by atoms with Crippen molar-refractivity contribution in [2.45, 2.75) is 57.9 Å². The van der Waals surface area contributed by atoms with Crippen LogP contribution in [0.5, 0.6) is 0 Å². The standard InChI is InChI=1S/C14H20N2O2/c1-9-6-7-12-11(8-9)13(16-18-12)14(17)15-10-4-2-3-5-10/h9-10H,2-8H2,1H3,(H,15,17)/t9-/m1/s1. The molecule has 1 saturated carbocycles. The zero-order valence-electron chi connectivity index (χ0n) is 10.9. The second kappa shape index (κ2) is 4.75. The summed E-state index contributed by atoms with van der Waals surface area (Å²) in [4.78, 5) is 12.2. The molecule has 4 nitrogen and oxygen atoms in total. The van der Waals surface area contributed by atoms with Crippen molar-refractivity contribution in [2.75, 3.05) is 0 Å². The number of hydrogen-bond acceptors (Lipinski definition) is 3. The summed E-state index contributed by atoms with van der Waals surface area (Å²) < 4.78 is 5.31. The Morgan fingerprint density at radius 1 is 1.33 bits per heavy atom. The summed E-state index contributed by atoms with van der Waals surface area (Å²) in [5.74, 6) is 1.50. The third kappa shape index (κ3) is 2.16. The van der Waals surface area contributed by atoms with E-state index in [4.69, 9.17) is 4.52 Å². The van der Waals surface area contributed by atoms with E-state index in [1.165, 1.54) is 12.8 Å². The first-order valence-corrected chi connectivity index (χ1v) is 7.02. The van der Waals surface area contributed by atoms with Gasteiger partial charge in [-0.05, 0) is 31.6 Å². The van der Waals surface area contributed by atoms with E-state index in [-0.39, 0.29) is 5.91 Å². The summed E-state index contributed by atoms with van der Waals surface area (Å²) in [5.41, 5.74) is 1.58. The molecule has 0 bridgehead atoms. The highest BCUT2D eigenvalue weighted by Gasteiger charge is 2.28. The van der Waals surface area contributed by atoms with Crippen LogP contribution in [0.1, 0.15) is 60.8 Å². The summed E-state index contributed by atoms with van der Waals surface area (Å²) in [7, 11) is 0. The van der Waals surface area contributed by atoms with Crippen LogP contribution < -0.4 is 5.32 Å². The fraction of sp³-hybridized carbons (Fsp3) is 0.714. The quantitative estimate of drug-likeness (QED) is 0.874. The first-order valence-electron chi connectivity index (χ1n) is 7.02. The van der Waals surface area contributed by atoms with Crippen molar-refractivity contribution in [3.63, 3.8) is 0 Å². The Labute approximate surface area is 107 Å². The molecule has 2 aliphatic carbocycles. The van der Waals surface area contributed by atoms with Gasteiger partial charge in [-0.25, -0.2) is 0 Å². The van der Waals surface area contributed by atoms with Gasteiger partial charge in [0, 0.05) is 18.0 Å². The van der Waals surface area contributed by atoms with Gasteiger partial charge in [0.05, 0.1) is 0 Å². The van der Waals surface area contributed by atoms with Crippen LogP contribution in [0.4, 0.5) is 0 Å². The molecule has 0 spiro atoms. The van der Waals surface area contributed by atoms with E-state index in [0.717, 1.165) is 43.4 Å². The molecule has 18 heavy (non-hydrogen) atoms. The van der Waals surface area contributed by atoms with Crippen molar-refractivity contribution in [1.29, 1.82) is 0 Å². The molecule has 0 aromatic carbocycles. The van der Waals surface area contributed by atoms with E-state index in [1.54, 1.807) is 0 Å². The van der Waals surface area contributed by atoms with Gasteiger partial charge in [-0.2, -0.15) is 0 Å². The summed E-state index contributed by atoms with van der Waals surface area (Å²) >= 11 is 0. The maximum atomic E-state index is 12.2. The van der Waals surface area contributed by atoms with Gasteiger partial charge in [-0.1, -0.05) is 24.9 Å². The first kappa shape index (κ1) is 11.8. The van der Waals surface area contributed by atoms with Gasteiger partial charge in [0.1, 0.15) is 5.76 Å². The number of aryl methyl sites for hydroxylation is 1. The normalized spacial score (nSPS) is 23.9. The number of carbonyl (C=O) groups excluding carboxylic acids is 1. The molecule has 1 atom stereocenters. The zero-order valence-corrected chi connectivity index (χ0v) is 10.9. The zero-order chi connectivity index (χ0) is 12.5. The van der Waals surface area contributed by atoms with Crippen molar-refractivity contribution < 1.29 is 9.32 Å². The topological polar surface area (TPSA) is 55.1 Å². The van der Waals surface area contributed by atoms with Gasteiger partial charge in [0.2, 0.25) is 0 Å². The molecule has 0 radical (unpaired) electrons. The van der Waals surface area contributed by atoms with Crippen LogP contribution in [-0.2, 0) is 12.8 Å². The van der Waals surface area contributed by atoms with Gasteiger partial charge in [0.15, 0.2) is 5.69 Å². The SMILES string of the molecule is C[C@@H]1CCc2onc(C(=O)NC3CCCC3)c2C1. The molecule has 1 N–H and O–H groups in total. The number of aromatic nitrogens is 1. The Balaban J connectivity index is 1.75. The molecular formula is C14H20N2O2. The van der Waals surface area contributed by atoms with Crippen LogP contribution in [-0.4, -0.2) is 17.1 Å².